The van der Waals surface area contributed by atoms with E-state index in [0.717, 1.165) is 4.47 Å². The molecule has 0 aromatic carbocycles. The average Bonchev–Trinajstić information content (AvgIpc) is 2.92. The average molecular weight is 344 g/mol. The van der Waals surface area contributed by atoms with Gasteiger partial charge in [0.25, 0.3) is 5.91 Å². The van der Waals surface area contributed by atoms with Crippen LogP contribution in [0.1, 0.15) is 31.6 Å². The molecule has 2 N–H and O–H groups in total. The van der Waals surface area contributed by atoms with Gasteiger partial charge in [-0.25, -0.2) is 4.79 Å². The molecule has 0 bridgehead atoms. The number of hydrogen-bond donors (Lipinski definition) is 2. The fourth-order valence-electron chi connectivity index (χ4n) is 1.55. The number of nitrogens with one attached hydrogen (secondary N) is 1. The third-order valence-corrected chi connectivity index (χ3v) is 4.28. The lowest BCUT2D eigenvalue weighted by Gasteiger charge is -2.01. The van der Waals surface area contributed by atoms with Crippen LogP contribution in [-0.2, 0) is 6.54 Å². The van der Waals surface area contributed by atoms with Crippen molar-refractivity contribution in [2.24, 2.45) is 0 Å². The number of amides is 1. The van der Waals surface area contributed by atoms with E-state index in [1.807, 2.05) is 0 Å². The van der Waals surface area contributed by atoms with E-state index in [4.69, 9.17) is 9.52 Å². The van der Waals surface area contributed by atoms with Gasteiger partial charge in [-0.15, -0.1) is 11.3 Å². The molecule has 5 nitrogen and oxygen atoms in total. The van der Waals surface area contributed by atoms with Crippen LogP contribution in [0.5, 0.6) is 0 Å². The lowest BCUT2D eigenvalue weighted by atomic mass is 10.2. The second kappa shape index (κ2) is 5.58. The summed E-state index contributed by atoms with van der Waals surface area (Å²) in [6.45, 7) is 1.72. The first kappa shape index (κ1) is 13.8. The van der Waals surface area contributed by atoms with Crippen molar-refractivity contribution in [3.8, 4) is 0 Å². The van der Waals surface area contributed by atoms with Crippen molar-refractivity contribution in [1.29, 1.82) is 0 Å². The second-order valence-corrected chi connectivity index (χ2v) is 5.54. The molecule has 2 heterocycles. The summed E-state index contributed by atoms with van der Waals surface area (Å²) in [5, 5.41) is 13.4. The lowest BCUT2D eigenvalue weighted by molar-refractivity contribution is 0.0694. The van der Waals surface area contributed by atoms with Crippen LogP contribution in [0.15, 0.2) is 26.4 Å². The maximum Gasteiger partial charge on any atom is 0.339 e. The summed E-state index contributed by atoms with van der Waals surface area (Å²) in [5.74, 6) is -0.530. The summed E-state index contributed by atoms with van der Waals surface area (Å²) < 4.78 is 6.00. The standard InChI is InChI=1S/C12H10BrNO4S/c1-6-8(12(16)17)4-7(18-6)5-14-11(15)10-9(13)2-3-19-10/h2-4H,5H2,1H3,(H,14,15)(H,16,17). The Kier molecular flexibility index (Phi) is 4.06. The fraction of sp³-hybridized carbons (Fsp3) is 0.167. The molecule has 2 aromatic heterocycles. The highest BCUT2D eigenvalue weighted by atomic mass is 79.9. The molecule has 7 heteroatoms. The second-order valence-electron chi connectivity index (χ2n) is 3.77. The number of carboxylic acid groups (broad SMARTS) is 1. The predicted octanol–water partition coefficient (Wildman–Crippen LogP) is 3.04. The summed E-state index contributed by atoms with van der Waals surface area (Å²) in [4.78, 5) is 23.3. The molecule has 2 aromatic rings. The van der Waals surface area contributed by atoms with Gasteiger partial charge in [0.05, 0.1) is 6.54 Å². The van der Waals surface area contributed by atoms with E-state index in [1.165, 1.54) is 17.4 Å². The normalized spacial score (nSPS) is 10.4. The van der Waals surface area contributed by atoms with Gasteiger partial charge in [0, 0.05) is 4.47 Å². The third-order valence-electron chi connectivity index (χ3n) is 2.45. The number of rotatable bonds is 4. The van der Waals surface area contributed by atoms with E-state index in [1.54, 1.807) is 18.4 Å². The summed E-state index contributed by atoms with van der Waals surface area (Å²) >= 11 is 4.60. The van der Waals surface area contributed by atoms with Crippen LogP contribution in [0.25, 0.3) is 0 Å². The highest BCUT2D eigenvalue weighted by molar-refractivity contribution is 9.10. The maximum atomic E-state index is 11.8. The zero-order valence-electron chi connectivity index (χ0n) is 9.90. The number of furan rings is 1. The Bertz CT molecular complexity index is 631. The van der Waals surface area contributed by atoms with Crippen molar-refractivity contribution in [2.45, 2.75) is 13.5 Å². The summed E-state index contributed by atoms with van der Waals surface area (Å²) in [6, 6.07) is 3.21. The number of aryl methyl sites for hydroxylation is 1. The molecule has 0 atom stereocenters. The van der Waals surface area contributed by atoms with Gasteiger partial charge in [0.2, 0.25) is 0 Å². The molecule has 0 radical (unpaired) electrons. The number of carboxylic acids is 1. The molecule has 0 fully saturated rings. The van der Waals surface area contributed by atoms with Crippen LogP contribution in [0.2, 0.25) is 0 Å². The van der Waals surface area contributed by atoms with E-state index in [9.17, 15) is 9.59 Å². The molecule has 0 aliphatic rings. The highest BCUT2D eigenvalue weighted by Gasteiger charge is 2.15. The Morgan fingerprint density at radius 1 is 1.53 bits per heavy atom. The summed E-state index contributed by atoms with van der Waals surface area (Å²) in [7, 11) is 0. The Labute approximate surface area is 121 Å². The largest absolute Gasteiger partial charge is 0.478 e. The predicted molar refractivity (Wildman–Crippen MR) is 73.6 cm³/mol. The van der Waals surface area contributed by atoms with Crippen LogP contribution in [0, 0.1) is 6.92 Å². The lowest BCUT2D eigenvalue weighted by Crippen LogP contribution is -2.21. The molecular formula is C12H10BrNO4S. The van der Waals surface area contributed by atoms with Crippen LogP contribution < -0.4 is 5.32 Å². The number of halogens is 1. The van der Waals surface area contributed by atoms with Gasteiger partial charge < -0.3 is 14.8 Å². The molecule has 1 amide bonds. The number of carbonyl (C=O) groups excluding carboxylic acids is 1. The van der Waals surface area contributed by atoms with Gasteiger partial charge in [-0.3, -0.25) is 4.79 Å². The zero-order chi connectivity index (χ0) is 14.0. The van der Waals surface area contributed by atoms with Crippen LogP contribution in [0.3, 0.4) is 0 Å². The minimum absolute atomic E-state index is 0.113. The van der Waals surface area contributed by atoms with E-state index in [2.05, 4.69) is 21.2 Å². The minimum Gasteiger partial charge on any atom is -0.478 e. The van der Waals surface area contributed by atoms with Gasteiger partial charge in [-0.05, 0) is 40.4 Å². The van der Waals surface area contributed by atoms with Gasteiger partial charge >= 0.3 is 5.97 Å². The monoisotopic (exact) mass is 343 g/mol. The number of aromatic carboxylic acids is 1. The molecule has 0 saturated carbocycles. The van der Waals surface area contributed by atoms with E-state index in [-0.39, 0.29) is 18.0 Å². The first-order chi connectivity index (χ1) is 8.99. The topological polar surface area (TPSA) is 79.5 Å². The maximum absolute atomic E-state index is 11.8. The first-order valence-electron chi connectivity index (χ1n) is 5.33. The SMILES string of the molecule is Cc1oc(CNC(=O)c2sccc2Br)cc1C(=O)O. The molecule has 0 saturated heterocycles. The molecule has 0 unspecified atom stereocenters. The molecule has 0 aliphatic carbocycles. The van der Waals surface area contributed by atoms with E-state index >= 15 is 0 Å². The van der Waals surface area contributed by atoms with Crippen LogP contribution in [-0.4, -0.2) is 17.0 Å². The molecule has 0 aliphatic heterocycles. The molecule has 0 spiro atoms. The highest BCUT2D eigenvalue weighted by Crippen LogP contribution is 2.22. The molecule has 19 heavy (non-hydrogen) atoms. The van der Waals surface area contributed by atoms with Crippen molar-refractivity contribution in [3.05, 3.63) is 43.9 Å². The number of carbonyl (C=O) groups is 2. The fourth-order valence-corrected chi connectivity index (χ4v) is 3.01. The molecule has 100 valence electrons. The minimum atomic E-state index is -1.04. The van der Waals surface area contributed by atoms with Crippen molar-refractivity contribution >= 4 is 39.1 Å². The number of thiophene rings is 1. The summed E-state index contributed by atoms with van der Waals surface area (Å²) in [5.41, 5.74) is 0.113. The van der Waals surface area contributed by atoms with Crippen molar-refractivity contribution in [2.75, 3.05) is 0 Å². The smallest absolute Gasteiger partial charge is 0.339 e. The van der Waals surface area contributed by atoms with Crippen LogP contribution >= 0.6 is 27.3 Å². The zero-order valence-corrected chi connectivity index (χ0v) is 12.3. The van der Waals surface area contributed by atoms with Gasteiger partial charge in [0.1, 0.15) is 22.0 Å². The van der Waals surface area contributed by atoms with E-state index < -0.39 is 5.97 Å². The molecule has 2 rings (SSSR count). The Morgan fingerprint density at radius 2 is 2.26 bits per heavy atom. The first-order valence-corrected chi connectivity index (χ1v) is 7.00. The quantitative estimate of drug-likeness (QED) is 0.894. The Hall–Kier alpha value is -1.60. The molecular weight excluding hydrogens is 334 g/mol. The number of hydrogen-bond acceptors (Lipinski definition) is 4. The van der Waals surface area contributed by atoms with Gasteiger partial charge in [0.15, 0.2) is 0 Å². The Balaban J connectivity index is 2.03. The van der Waals surface area contributed by atoms with Crippen molar-refractivity contribution < 1.29 is 19.1 Å². The van der Waals surface area contributed by atoms with Gasteiger partial charge in [-0.1, -0.05) is 0 Å². The summed E-state index contributed by atoms with van der Waals surface area (Å²) in [6.07, 6.45) is 0. The third kappa shape index (κ3) is 3.05. The van der Waals surface area contributed by atoms with Crippen molar-refractivity contribution in [1.82, 2.24) is 5.32 Å². The Morgan fingerprint density at radius 3 is 2.79 bits per heavy atom. The van der Waals surface area contributed by atoms with Gasteiger partial charge in [-0.2, -0.15) is 0 Å². The van der Waals surface area contributed by atoms with Crippen molar-refractivity contribution in [3.63, 3.8) is 0 Å². The van der Waals surface area contributed by atoms with E-state index in [0.29, 0.717) is 16.4 Å². The van der Waals surface area contributed by atoms with Crippen LogP contribution in [0.4, 0.5) is 0 Å².